The second kappa shape index (κ2) is 4.01. The highest BCUT2D eigenvalue weighted by molar-refractivity contribution is 6.30. The minimum absolute atomic E-state index is 0.443. The average molecular weight is 286 g/mol. The predicted molar refractivity (Wildman–Crippen MR) is 73.5 cm³/mol. The minimum atomic E-state index is 0.443. The number of hydrogen-bond donors (Lipinski definition) is 0. The van der Waals surface area contributed by atoms with Gasteiger partial charge < -0.3 is 4.42 Å². The highest BCUT2D eigenvalue weighted by Crippen LogP contribution is 2.26. The lowest BCUT2D eigenvalue weighted by atomic mass is 10.2. The number of fused-ring (bicyclic) bond motifs is 2. The second-order valence-electron chi connectivity index (χ2n) is 4.38. The molecule has 0 amide bonds. The van der Waals surface area contributed by atoms with Crippen molar-refractivity contribution in [1.29, 1.82) is 0 Å². The van der Waals surface area contributed by atoms with Gasteiger partial charge in [0.2, 0.25) is 5.89 Å². The Morgan fingerprint density at radius 2 is 2.15 bits per heavy atom. The lowest BCUT2D eigenvalue weighted by Gasteiger charge is -1.95. The number of aromatic nitrogens is 5. The molecule has 6 nitrogen and oxygen atoms in total. The van der Waals surface area contributed by atoms with Crippen LogP contribution in [0.5, 0.6) is 0 Å². The molecule has 0 aliphatic heterocycles. The first-order chi connectivity index (χ1) is 9.72. The van der Waals surface area contributed by atoms with Crippen LogP contribution in [0.4, 0.5) is 0 Å². The zero-order valence-corrected chi connectivity index (χ0v) is 11.2. The Balaban J connectivity index is 2.01. The molecule has 4 aromatic rings. The van der Waals surface area contributed by atoms with E-state index in [1.165, 1.54) is 0 Å². The van der Waals surface area contributed by atoms with Crippen LogP contribution in [0.1, 0.15) is 5.69 Å². The Kier molecular flexibility index (Phi) is 2.28. The minimum Gasteiger partial charge on any atom is -0.417 e. The molecule has 1 aromatic carbocycles. The molecule has 0 aliphatic rings. The number of aryl methyl sites for hydroxylation is 1. The molecular formula is C13H8ClN5O. The molecule has 20 heavy (non-hydrogen) atoms. The van der Waals surface area contributed by atoms with Gasteiger partial charge in [-0.25, -0.2) is 4.98 Å². The summed E-state index contributed by atoms with van der Waals surface area (Å²) in [6.07, 6.45) is 1.60. The van der Waals surface area contributed by atoms with Gasteiger partial charge in [-0.3, -0.25) is 4.40 Å². The monoisotopic (exact) mass is 285 g/mol. The van der Waals surface area contributed by atoms with Crippen molar-refractivity contribution in [2.24, 2.45) is 0 Å². The van der Waals surface area contributed by atoms with E-state index in [9.17, 15) is 0 Å². The summed E-state index contributed by atoms with van der Waals surface area (Å²) in [6.45, 7) is 1.92. The molecule has 3 aromatic heterocycles. The fourth-order valence-corrected chi connectivity index (χ4v) is 2.31. The van der Waals surface area contributed by atoms with E-state index >= 15 is 0 Å². The largest absolute Gasteiger partial charge is 0.417 e. The smallest absolute Gasteiger partial charge is 0.258 e. The van der Waals surface area contributed by atoms with Gasteiger partial charge in [-0.1, -0.05) is 17.7 Å². The molecule has 0 atom stereocenters. The van der Waals surface area contributed by atoms with Crippen LogP contribution in [0, 0.1) is 6.92 Å². The van der Waals surface area contributed by atoms with Gasteiger partial charge in [-0.05, 0) is 25.1 Å². The molecule has 0 N–H and O–H groups in total. The van der Waals surface area contributed by atoms with Crippen molar-refractivity contribution >= 4 is 28.6 Å². The van der Waals surface area contributed by atoms with Gasteiger partial charge >= 0.3 is 0 Å². The third-order valence-corrected chi connectivity index (χ3v) is 3.35. The van der Waals surface area contributed by atoms with Gasteiger partial charge in [-0.15, -0.1) is 10.2 Å². The zero-order chi connectivity index (χ0) is 13.7. The van der Waals surface area contributed by atoms with Crippen molar-refractivity contribution in [1.82, 2.24) is 24.6 Å². The lowest BCUT2D eigenvalue weighted by Crippen LogP contribution is -1.94. The van der Waals surface area contributed by atoms with Crippen LogP contribution in [-0.4, -0.2) is 24.6 Å². The Hall–Kier alpha value is -2.47. The molecule has 0 saturated carbocycles. The van der Waals surface area contributed by atoms with Crippen LogP contribution in [0.3, 0.4) is 0 Å². The maximum atomic E-state index is 5.99. The van der Waals surface area contributed by atoms with Crippen LogP contribution in [0.15, 0.2) is 35.0 Å². The van der Waals surface area contributed by atoms with Crippen LogP contribution < -0.4 is 0 Å². The van der Waals surface area contributed by atoms with Crippen LogP contribution >= 0.6 is 11.6 Å². The number of hydrogen-bond acceptors (Lipinski definition) is 5. The van der Waals surface area contributed by atoms with Crippen LogP contribution in [0.2, 0.25) is 5.02 Å². The summed E-state index contributed by atoms with van der Waals surface area (Å²) in [7, 11) is 0. The maximum Gasteiger partial charge on any atom is 0.258 e. The molecule has 0 radical (unpaired) electrons. The Morgan fingerprint density at radius 3 is 3.00 bits per heavy atom. The zero-order valence-electron chi connectivity index (χ0n) is 10.4. The molecule has 3 heterocycles. The predicted octanol–water partition coefficient (Wildman–Crippen LogP) is 2.89. The molecule has 4 rings (SSSR count). The highest BCUT2D eigenvalue weighted by atomic mass is 35.5. The van der Waals surface area contributed by atoms with Crippen LogP contribution in [-0.2, 0) is 0 Å². The normalized spacial score (nSPS) is 11.5. The van der Waals surface area contributed by atoms with Gasteiger partial charge in [-0.2, -0.15) is 4.98 Å². The third-order valence-electron chi connectivity index (χ3n) is 3.12. The number of benzene rings is 1. The summed E-state index contributed by atoms with van der Waals surface area (Å²) in [5.74, 6) is 0.975. The van der Waals surface area contributed by atoms with Gasteiger partial charge in [0.15, 0.2) is 0 Å². The van der Waals surface area contributed by atoms with E-state index < -0.39 is 0 Å². The fourth-order valence-electron chi connectivity index (χ4n) is 2.12. The second-order valence-corrected chi connectivity index (χ2v) is 4.82. The number of rotatable bonds is 1. The summed E-state index contributed by atoms with van der Waals surface area (Å²) in [6, 6.07) is 7.34. The number of oxazole rings is 1. The molecule has 0 fully saturated rings. The molecule has 7 heteroatoms. The number of nitrogens with zero attached hydrogens (tertiary/aromatic N) is 5. The van der Waals surface area contributed by atoms with Gasteiger partial charge in [0.1, 0.15) is 11.8 Å². The standard InChI is InChI=1S/C13H8ClN5O/c1-7-10-12(17-13-18-15-6-19(7)13)20-11(16-10)8-3-2-4-9(14)5-8/h2-6H,1H3. The fraction of sp³-hybridized carbons (Fsp3) is 0.0769. The topological polar surface area (TPSA) is 69.1 Å². The third kappa shape index (κ3) is 1.58. The number of halogens is 1. The molecule has 0 unspecified atom stereocenters. The molecule has 0 saturated heterocycles. The molecular weight excluding hydrogens is 278 g/mol. The van der Waals surface area contributed by atoms with Crippen LogP contribution in [0.25, 0.3) is 28.5 Å². The summed E-state index contributed by atoms with van der Waals surface area (Å²) in [5.41, 5.74) is 2.82. The quantitative estimate of drug-likeness (QED) is 0.538. The first-order valence-corrected chi connectivity index (χ1v) is 6.33. The Bertz CT molecular complexity index is 942. The highest BCUT2D eigenvalue weighted by Gasteiger charge is 2.15. The Labute approximate surface area is 118 Å². The van der Waals surface area contributed by atoms with E-state index in [-0.39, 0.29) is 0 Å². The van der Waals surface area contributed by atoms with E-state index in [1.54, 1.807) is 22.9 Å². The Morgan fingerprint density at radius 1 is 1.25 bits per heavy atom. The van der Waals surface area contributed by atoms with E-state index in [4.69, 9.17) is 16.0 Å². The molecule has 0 bridgehead atoms. The van der Waals surface area contributed by atoms with Crippen molar-refractivity contribution in [3.8, 4) is 11.5 Å². The van der Waals surface area contributed by atoms with Crippen molar-refractivity contribution in [2.45, 2.75) is 6.92 Å². The first-order valence-electron chi connectivity index (χ1n) is 5.95. The molecule has 98 valence electrons. The summed E-state index contributed by atoms with van der Waals surface area (Å²) in [5, 5.41) is 8.37. The SMILES string of the molecule is Cc1c2nc(-c3cccc(Cl)c3)oc2nc2nncn12. The summed E-state index contributed by atoms with van der Waals surface area (Å²) >= 11 is 5.99. The van der Waals surface area contributed by atoms with Gasteiger partial charge in [0, 0.05) is 10.6 Å². The first kappa shape index (κ1) is 11.4. The van der Waals surface area contributed by atoms with Crippen molar-refractivity contribution < 1.29 is 4.42 Å². The van der Waals surface area contributed by atoms with Crippen molar-refractivity contribution in [3.63, 3.8) is 0 Å². The van der Waals surface area contributed by atoms with Crippen molar-refractivity contribution in [3.05, 3.63) is 41.3 Å². The van der Waals surface area contributed by atoms with Gasteiger partial charge in [0.25, 0.3) is 11.5 Å². The lowest BCUT2D eigenvalue weighted by molar-refractivity contribution is 0.608. The van der Waals surface area contributed by atoms with E-state index in [0.29, 0.717) is 27.9 Å². The maximum absolute atomic E-state index is 5.99. The van der Waals surface area contributed by atoms with Crippen molar-refractivity contribution in [2.75, 3.05) is 0 Å². The molecule has 0 spiro atoms. The van der Waals surface area contributed by atoms with Gasteiger partial charge in [0.05, 0.1) is 5.69 Å². The van der Waals surface area contributed by atoms with E-state index in [2.05, 4.69) is 20.2 Å². The summed E-state index contributed by atoms with van der Waals surface area (Å²) < 4.78 is 7.48. The average Bonchev–Trinajstić information content (AvgIpc) is 3.05. The van der Waals surface area contributed by atoms with E-state index in [0.717, 1.165) is 11.3 Å². The summed E-state index contributed by atoms with van der Waals surface area (Å²) in [4.78, 5) is 8.78. The molecule has 0 aliphatic carbocycles. The van der Waals surface area contributed by atoms with E-state index in [1.807, 2.05) is 19.1 Å².